The molecule has 0 atom stereocenters. The van der Waals surface area contributed by atoms with E-state index < -0.39 is 11.9 Å². The Morgan fingerprint density at radius 3 is 2.41 bits per heavy atom. The number of aliphatic carboxylic acids is 2. The van der Waals surface area contributed by atoms with Crippen LogP contribution in [0.1, 0.15) is 24.1 Å². The van der Waals surface area contributed by atoms with Crippen molar-refractivity contribution in [3.63, 3.8) is 0 Å². The smallest absolute Gasteiger partial charge is 0.414 e. The topological polar surface area (TPSA) is 105 Å². The van der Waals surface area contributed by atoms with E-state index in [1.807, 2.05) is 12.3 Å². The average molecular weight is 399 g/mol. The quantitative estimate of drug-likeness (QED) is 0.762. The van der Waals surface area contributed by atoms with Crippen molar-refractivity contribution in [2.75, 3.05) is 32.8 Å². The monoisotopic (exact) mass is 399 g/mol. The summed E-state index contributed by atoms with van der Waals surface area (Å²) in [6.45, 7) is 4.83. The molecule has 1 fully saturated rings. The fraction of sp³-hybridized carbons (Fsp3) is 0.381. The second kappa shape index (κ2) is 9.99. The molecular formula is C21H25N3O5. The summed E-state index contributed by atoms with van der Waals surface area (Å²) >= 11 is 0. The number of carboxylic acids is 2. The minimum Gasteiger partial charge on any atom is -0.473 e. The second-order valence-electron chi connectivity index (χ2n) is 6.86. The van der Waals surface area contributed by atoms with Crippen LogP contribution < -0.4 is 0 Å². The fourth-order valence-electron chi connectivity index (χ4n) is 3.49. The Morgan fingerprint density at radius 2 is 1.76 bits per heavy atom. The standard InChI is InChI=1S/C19H23N3O.C2H2O4/c1-2-6-17(7-3-1)22-19-8-4-5-16(18(19)15-20-22)9-10-21-11-13-23-14-12-21;3-1(4)2(5)6/h1-3,6-7,9,15H,4-5,8,10-14H2;(H,3,4)(H,5,6). The van der Waals surface area contributed by atoms with E-state index in [-0.39, 0.29) is 0 Å². The Bertz CT molecular complexity index is 858. The summed E-state index contributed by atoms with van der Waals surface area (Å²) < 4.78 is 7.53. The van der Waals surface area contributed by atoms with Gasteiger partial charge in [-0.1, -0.05) is 24.3 Å². The molecule has 1 saturated heterocycles. The van der Waals surface area contributed by atoms with Crippen LogP contribution in [0.5, 0.6) is 0 Å². The van der Waals surface area contributed by atoms with Crippen LogP contribution >= 0.6 is 0 Å². The van der Waals surface area contributed by atoms with Crippen molar-refractivity contribution in [1.29, 1.82) is 0 Å². The van der Waals surface area contributed by atoms with Crippen LogP contribution in [-0.2, 0) is 20.7 Å². The third-order valence-electron chi connectivity index (χ3n) is 4.96. The molecule has 4 rings (SSSR count). The van der Waals surface area contributed by atoms with Gasteiger partial charge in [-0.2, -0.15) is 5.10 Å². The number of nitrogens with zero attached hydrogens (tertiary/aromatic N) is 3. The molecule has 1 aliphatic carbocycles. The molecule has 1 aromatic heterocycles. The van der Waals surface area contributed by atoms with Gasteiger partial charge in [0.2, 0.25) is 0 Å². The maximum Gasteiger partial charge on any atom is 0.414 e. The lowest BCUT2D eigenvalue weighted by Gasteiger charge is -2.26. The highest BCUT2D eigenvalue weighted by molar-refractivity contribution is 6.27. The summed E-state index contributed by atoms with van der Waals surface area (Å²) in [5.41, 5.74) is 5.31. The van der Waals surface area contributed by atoms with E-state index in [1.54, 1.807) is 0 Å². The Balaban J connectivity index is 0.000000353. The van der Waals surface area contributed by atoms with E-state index in [2.05, 4.69) is 45.0 Å². The van der Waals surface area contributed by atoms with E-state index in [4.69, 9.17) is 24.5 Å². The van der Waals surface area contributed by atoms with Crippen LogP contribution in [0.2, 0.25) is 0 Å². The molecule has 2 aromatic rings. The van der Waals surface area contributed by atoms with Gasteiger partial charge in [0, 0.05) is 25.2 Å². The van der Waals surface area contributed by atoms with Crippen LogP contribution in [0.25, 0.3) is 11.3 Å². The van der Waals surface area contributed by atoms with Crippen LogP contribution in [0.4, 0.5) is 0 Å². The number of para-hydroxylation sites is 1. The van der Waals surface area contributed by atoms with Gasteiger partial charge in [-0.3, -0.25) is 4.90 Å². The lowest BCUT2D eigenvalue weighted by atomic mass is 9.92. The van der Waals surface area contributed by atoms with Gasteiger partial charge in [0.15, 0.2) is 0 Å². The summed E-state index contributed by atoms with van der Waals surface area (Å²) in [4.78, 5) is 20.7. The largest absolute Gasteiger partial charge is 0.473 e. The second-order valence-corrected chi connectivity index (χ2v) is 6.86. The normalized spacial score (nSPS) is 17.9. The van der Waals surface area contributed by atoms with Crippen LogP contribution in [0.3, 0.4) is 0 Å². The molecule has 0 saturated carbocycles. The lowest BCUT2D eigenvalue weighted by molar-refractivity contribution is -0.159. The van der Waals surface area contributed by atoms with Crippen molar-refractivity contribution in [3.05, 3.63) is 53.9 Å². The van der Waals surface area contributed by atoms with E-state index in [0.29, 0.717) is 0 Å². The first-order valence-corrected chi connectivity index (χ1v) is 9.64. The molecule has 2 aliphatic rings. The van der Waals surface area contributed by atoms with Gasteiger partial charge >= 0.3 is 11.9 Å². The zero-order valence-electron chi connectivity index (χ0n) is 16.2. The molecule has 29 heavy (non-hydrogen) atoms. The first-order chi connectivity index (χ1) is 14.1. The highest BCUT2D eigenvalue weighted by Gasteiger charge is 2.20. The maximum absolute atomic E-state index is 9.10. The van der Waals surface area contributed by atoms with Crippen LogP contribution in [0.15, 0.2) is 42.6 Å². The van der Waals surface area contributed by atoms with Crippen LogP contribution in [0, 0.1) is 0 Å². The third-order valence-corrected chi connectivity index (χ3v) is 4.96. The van der Waals surface area contributed by atoms with E-state index >= 15 is 0 Å². The van der Waals surface area contributed by atoms with E-state index in [9.17, 15) is 0 Å². The molecule has 2 heterocycles. The Hall–Kier alpha value is -2.97. The molecule has 0 spiro atoms. The summed E-state index contributed by atoms with van der Waals surface area (Å²) in [5, 5.41) is 19.4. The predicted octanol–water partition coefficient (Wildman–Crippen LogP) is 2.08. The third kappa shape index (κ3) is 5.52. The van der Waals surface area contributed by atoms with Crippen molar-refractivity contribution >= 4 is 17.5 Å². The fourth-order valence-corrected chi connectivity index (χ4v) is 3.49. The number of morpholine rings is 1. The van der Waals surface area contributed by atoms with Gasteiger partial charge in [0.25, 0.3) is 0 Å². The number of hydrogen-bond acceptors (Lipinski definition) is 5. The van der Waals surface area contributed by atoms with E-state index in [1.165, 1.54) is 23.3 Å². The molecule has 2 N–H and O–H groups in total. The molecule has 154 valence electrons. The number of ether oxygens (including phenoxy) is 1. The molecular weight excluding hydrogens is 374 g/mol. The van der Waals surface area contributed by atoms with E-state index in [0.717, 1.165) is 51.4 Å². The van der Waals surface area contributed by atoms with Gasteiger partial charge in [-0.05, 0) is 37.0 Å². The van der Waals surface area contributed by atoms with Crippen LogP contribution in [-0.4, -0.2) is 69.7 Å². The van der Waals surface area contributed by atoms with Gasteiger partial charge < -0.3 is 14.9 Å². The van der Waals surface area contributed by atoms with Crippen molar-refractivity contribution < 1.29 is 24.5 Å². The number of rotatable bonds is 3. The molecule has 1 aliphatic heterocycles. The lowest BCUT2D eigenvalue weighted by Crippen LogP contribution is -2.36. The van der Waals surface area contributed by atoms with Gasteiger partial charge in [0.1, 0.15) is 0 Å². The summed E-state index contributed by atoms with van der Waals surface area (Å²) in [6, 6.07) is 10.4. The number of hydrogen-bond donors (Lipinski definition) is 2. The first-order valence-electron chi connectivity index (χ1n) is 9.64. The Morgan fingerprint density at radius 1 is 1.07 bits per heavy atom. The highest BCUT2D eigenvalue weighted by atomic mass is 16.5. The van der Waals surface area contributed by atoms with Crippen molar-refractivity contribution in [2.24, 2.45) is 0 Å². The number of allylic oxidation sites excluding steroid dienone is 1. The molecule has 0 radical (unpaired) electrons. The molecule has 0 amide bonds. The summed E-state index contributed by atoms with van der Waals surface area (Å²) in [7, 11) is 0. The molecule has 0 unspecified atom stereocenters. The predicted molar refractivity (Wildman–Crippen MR) is 107 cm³/mol. The number of aromatic nitrogens is 2. The van der Waals surface area contributed by atoms with Gasteiger partial charge in [0.05, 0.1) is 30.8 Å². The number of carbonyl (C=O) groups is 2. The number of fused-ring (bicyclic) bond motifs is 1. The molecule has 0 bridgehead atoms. The summed E-state index contributed by atoms with van der Waals surface area (Å²) in [6.07, 6.45) is 7.93. The zero-order valence-corrected chi connectivity index (χ0v) is 16.2. The molecule has 8 heteroatoms. The minimum absolute atomic E-state index is 0.861. The maximum atomic E-state index is 9.10. The number of carboxylic acid groups (broad SMARTS) is 2. The summed E-state index contributed by atoms with van der Waals surface area (Å²) in [5.74, 6) is -3.65. The first kappa shape index (κ1) is 20.8. The number of benzene rings is 1. The zero-order chi connectivity index (χ0) is 20.6. The SMILES string of the molecule is C(CN1CCOCC1)=C1CCCc2c1cnn2-c1ccccc1.O=C(O)C(=O)O. The van der Waals surface area contributed by atoms with Gasteiger partial charge in [-0.25, -0.2) is 14.3 Å². The molecule has 1 aromatic carbocycles. The Labute approximate surface area is 169 Å². The Kier molecular flexibility index (Phi) is 7.15. The minimum atomic E-state index is -1.82. The van der Waals surface area contributed by atoms with Gasteiger partial charge in [-0.15, -0.1) is 0 Å². The van der Waals surface area contributed by atoms with Crippen molar-refractivity contribution in [1.82, 2.24) is 14.7 Å². The van der Waals surface area contributed by atoms with Crippen molar-refractivity contribution in [3.8, 4) is 5.69 Å². The average Bonchev–Trinajstić information content (AvgIpc) is 3.19. The van der Waals surface area contributed by atoms with Crippen molar-refractivity contribution in [2.45, 2.75) is 19.3 Å². The molecule has 8 nitrogen and oxygen atoms in total. The highest BCUT2D eigenvalue weighted by Crippen LogP contribution is 2.31.